The van der Waals surface area contributed by atoms with Crippen LogP contribution in [0.15, 0.2) is 0 Å². The zero-order chi connectivity index (χ0) is 18.8. The van der Waals surface area contributed by atoms with Crippen molar-refractivity contribution in [2.75, 3.05) is 0 Å². The molecule has 0 radical (unpaired) electrons. The van der Waals surface area contributed by atoms with Crippen LogP contribution in [0.3, 0.4) is 0 Å². The highest BCUT2D eigenvalue weighted by atomic mass is 28.3. The van der Waals surface area contributed by atoms with E-state index in [4.69, 9.17) is 4.65 Å². The van der Waals surface area contributed by atoms with Gasteiger partial charge in [-0.2, -0.15) is 0 Å². The van der Waals surface area contributed by atoms with Crippen molar-refractivity contribution in [1.82, 2.24) is 0 Å². The van der Waals surface area contributed by atoms with Gasteiger partial charge < -0.3 is 4.65 Å². The molecule has 2 aliphatic heterocycles. The zero-order valence-electron chi connectivity index (χ0n) is 18.1. The lowest BCUT2D eigenvalue weighted by Gasteiger charge is -2.41. The van der Waals surface area contributed by atoms with Gasteiger partial charge in [-0.15, -0.1) is 11.8 Å². The summed E-state index contributed by atoms with van der Waals surface area (Å²) in [6.45, 7) is 19.9. The monoisotopic (exact) mass is 376 g/mol. The topological polar surface area (TPSA) is 9.23 Å². The maximum atomic E-state index is 7.03. The Morgan fingerprint density at radius 2 is 1.52 bits per heavy atom. The van der Waals surface area contributed by atoms with Gasteiger partial charge in [-0.05, 0) is 31.0 Å². The van der Waals surface area contributed by atoms with Crippen LogP contribution in [0.25, 0.3) is 0 Å². The second-order valence-electron chi connectivity index (χ2n) is 10.8. The van der Waals surface area contributed by atoms with E-state index in [1.807, 2.05) is 6.92 Å². The van der Waals surface area contributed by atoms with Gasteiger partial charge in [0.1, 0.15) is 0 Å². The molecule has 25 heavy (non-hydrogen) atoms. The van der Waals surface area contributed by atoms with E-state index in [0.717, 1.165) is 17.2 Å². The molecule has 2 saturated heterocycles. The highest BCUT2D eigenvalue weighted by molar-refractivity contribution is 6.88. The predicted molar refractivity (Wildman–Crippen MR) is 119 cm³/mol. The molecule has 1 nitrogen and oxygen atoms in total. The van der Waals surface area contributed by atoms with E-state index in [1.54, 1.807) is 0 Å². The van der Waals surface area contributed by atoms with Crippen LogP contribution < -0.4 is 0 Å². The number of hydrogen-bond donors (Lipinski definition) is 0. The molecule has 0 spiro atoms. The molecule has 4 heteroatoms. The maximum Gasteiger partial charge on any atom is 0.297 e. The molecule has 0 amide bonds. The fourth-order valence-electron chi connectivity index (χ4n) is 5.74. The molecule has 2 heterocycles. The molecular weight excluding hydrogens is 335 g/mol. The van der Waals surface area contributed by atoms with E-state index < -0.39 is 16.1 Å². The van der Waals surface area contributed by atoms with Gasteiger partial charge >= 0.3 is 0 Å². The molecule has 2 fully saturated rings. The van der Waals surface area contributed by atoms with Crippen molar-refractivity contribution in [2.45, 2.75) is 115 Å². The first kappa shape index (κ1) is 21.3. The van der Waals surface area contributed by atoms with E-state index in [-0.39, 0.29) is 6.10 Å². The van der Waals surface area contributed by atoms with Gasteiger partial charge in [0.05, 0.1) is 8.07 Å². The summed E-state index contributed by atoms with van der Waals surface area (Å²) in [7, 11) is -2.61. The molecule has 0 N–H and O–H groups in total. The normalized spacial score (nSPS) is 30.1. The van der Waals surface area contributed by atoms with Crippen LogP contribution in [-0.4, -0.2) is 29.2 Å². The number of fused-ring (bicyclic) bond motifs is 3. The summed E-state index contributed by atoms with van der Waals surface area (Å²) >= 11 is 0. The Labute approximate surface area is 160 Å². The van der Waals surface area contributed by atoms with Gasteiger partial charge in [0.15, 0.2) is 0 Å². The zero-order valence-corrected chi connectivity index (χ0v) is 20.1. The molecule has 142 valence electrons. The van der Waals surface area contributed by atoms with Crippen molar-refractivity contribution in [3.63, 3.8) is 0 Å². The van der Waals surface area contributed by atoms with E-state index in [9.17, 15) is 0 Å². The van der Waals surface area contributed by atoms with E-state index in [2.05, 4.69) is 58.0 Å². The fraction of sp³-hybridized carbons (Fsp3) is 0.905. The van der Waals surface area contributed by atoms with E-state index >= 15 is 0 Å². The molecular formula is C21H41BOSi2. The van der Waals surface area contributed by atoms with Gasteiger partial charge in [0.2, 0.25) is 0 Å². The van der Waals surface area contributed by atoms with Gasteiger partial charge in [0, 0.05) is 19.7 Å². The number of rotatable bonds is 5. The minimum Gasteiger partial charge on any atom is -0.432 e. The minimum absolute atomic E-state index is 0.280. The molecule has 2 rings (SSSR count). The van der Waals surface area contributed by atoms with Crippen molar-refractivity contribution < 1.29 is 4.65 Å². The van der Waals surface area contributed by atoms with Crippen LogP contribution in [0.1, 0.15) is 52.4 Å². The summed E-state index contributed by atoms with van der Waals surface area (Å²) in [5.41, 5.74) is 1.28. The Balaban J connectivity index is 2.30. The third-order valence-corrected chi connectivity index (χ3v) is 12.0. The third kappa shape index (κ3) is 5.27. The molecule has 1 unspecified atom stereocenters. The summed E-state index contributed by atoms with van der Waals surface area (Å²) in [6.07, 6.45) is 8.82. The Morgan fingerprint density at radius 1 is 0.960 bits per heavy atom. The van der Waals surface area contributed by atoms with Crippen LogP contribution in [0.2, 0.25) is 56.1 Å². The van der Waals surface area contributed by atoms with E-state index in [1.165, 1.54) is 38.5 Å². The standard InChI is InChI=1S/C21H41BOSi2/c1-9-12-20(24(3,4)5)17(2)23-22-19-15-10-13-18(14-11-16-19)21(22)25(6,7)8/h17-21H,10-11,13-16H2,1-8H3/t17-,18?,19?,20-,21?/m0/s1. The Bertz CT molecular complexity index is 487. The third-order valence-electron chi connectivity index (χ3n) is 6.70. The lowest BCUT2D eigenvalue weighted by molar-refractivity contribution is 0.215. The molecule has 0 aromatic heterocycles. The smallest absolute Gasteiger partial charge is 0.297 e. The highest BCUT2D eigenvalue weighted by Gasteiger charge is 2.50. The minimum atomic E-state index is -1.36. The Hall–Kier alpha value is 0.0187. The summed E-state index contributed by atoms with van der Waals surface area (Å²) in [5, 5.41) is 0. The quantitative estimate of drug-likeness (QED) is 0.382. The summed E-state index contributed by atoms with van der Waals surface area (Å²) in [4.78, 5) is 0. The highest BCUT2D eigenvalue weighted by Crippen LogP contribution is 2.51. The van der Waals surface area contributed by atoms with Gasteiger partial charge in [-0.3, -0.25) is 0 Å². The summed E-state index contributed by atoms with van der Waals surface area (Å²) < 4.78 is 7.03. The van der Waals surface area contributed by atoms with Gasteiger partial charge in [0.25, 0.3) is 6.92 Å². The Morgan fingerprint density at radius 3 is 1.96 bits per heavy atom. The molecule has 3 atom stereocenters. The average molecular weight is 377 g/mol. The maximum absolute atomic E-state index is 7.03. The van der Waals surface area contributed by atoms with Crippen molar-refractivity contribution in [2.24, 2.45) is 5.92 Å². The number of hydrogen-bond acceptors (Lipinski definition) is 1. The molecule has 2 bridgehead atoms. The van der Waals surface area contributed by atoms with Crippen LogP contribution >= 0.6 is 0 Å². The van der Waals surface area contributed by atoms with Gasteiger partial charge in [-0.1, -0.05) is 77.8 Å². The first-order valence-corrected chi connectivity index (χ1v) is 17.8. The predicted octanol–water partition coefficient (Wildman–Crippen LogP) is 6.72. The first-order valence-electron chi connectivity index (χ1n) is 10.6. The lowest BCUT2D eigenvalue weighted by atomic mass is 9.50. The SMILES string of the molecule is CC#C[C@@H]([C@H](C)OB1C2CCCC(CCC2)C1[Si](C)(C)C)[Si](C)(C)C. The van der Waals surface area contributed by atoms with Crippen LogP contribution in [-0.2, 0) is 4.65 Å². The summed E-state index contributed by atoms with van der Waals surface area (Å²) in [5.74, 6) is 8.46. The largest absolute Gasteiger partial charge is 0.432 e. The van der Waals surface area contributed by atoms with Crippen LogP contribution in [0.4, 0.5) is 0 Å². The first-order chi connectivity index (χ1) is 11.6. The second-order valence-corrected chi connectivity index (χ2v) is 21.6. The van der Waals surface area contributed by atoms with Crippen LogP contribution in [0.5, 0.6) is 0 Å². The van der Waals surface area contributed by atoms with Crippen LogP contribution in [0, 0.1) is 17.8 Å². The van der Waals surface area contributed by atoms with E-state index in [0.29, 0.717) is 12.5 Å². The van der Waals surface area contributed by atoms with Gasteiger partial charge in [-0.25, -0.2) is 0 Å². The van der Waals surface area contributed by atoms with Crippen molar-refractivity contribution in [1.29, 1.82) is 0 Å². The molecule has 0 aromatic carbocycles. The molecule has 2 aliphatic rings. The average Bonchev–Trinajstić information content (AvgIpc) is 2.70. The van der Waals surface area contributed by atoms with Crippen molar-refractivity contribution >= 4 is 23.1 Å². The molecule has 0 aliphatic carbocycles. The second kappa shape index (κ2) is 8.36. The Kier molecular flexibility index (Phi) is 7.13. The summed E-state index contributed by atoms with van der Waals surface area (Å²) in [6, 6.07) is 0. The van der Waals surface area contributed by atoms with Crippen molar-refractivity contribution in [3.8, 4) is 11.8 Å². The van der Waals surface area contributed by atoms with Crippen molar-refractivity contribution in [3.05, 3.63) is 0 Å². The molecule has 0 saturated carbocycles. The fourth-order valence-corrected chi connectivity index (χ4v) is 10.9. The molecule has 0 aromatic rings. The lowest BCUT2D eigenvalue weighted by Crippen LogP contribution is -2.48.